The topological polar surface area (TPSA) is 178 Å². The van der Waals surface area contributed by atoms with E-state index in [1.807, 2.05) is 0 Å². The lowest BCUT2D eigenvalue weighted by atomic mass is 10.1. The van der Waals surface area contributed by atoms with Gasteiger partial charge in [-0.1, -0.05) is 13.8 Å². The minimum atomic E-state index is -0.166. The van der Waals surface area contributed by atoms with E-state index in [1.54, 1.807) is 6.20 Å². The number of hydrogen-bond acceptors (Lipinski definition) is 16. The Bertz CT molecular complexity index is 667. The van der Waals surface area contributed by atoms with Gasteiger partial charge in [-0.15, -0.1) is 0 Å². The minimum absolute atomic E-state index is 0.166. The molecule has 0 aromatic carbocycles. The third-order valence-corrected chi connectivity index (χ3v) is 6.16. The van der Waals surface area contributed by atoms with Gasteiger partial charge in [-0.25, -0.2) is 0 Å². The summed E-state index contributed by atoms with van der Waals surface area (Å²) >= 11 is 0. The van der Waals surface area contributed by atoms with E-state index in [2.05, 4.69) is 19.2 Å². The number of nitrogens with two attached hydrogens (primary N) is 1. The van der Waals surface area contributed by atoms with Crippen LogP contribution in [0.3, 0.4) is 0 Å². The molecule has 0 heterocycles. The van der Waals surface area contributed by atoms with Crippen molar-refractivity contribution in [1.29, 1.82) is 0 Å². The Balaban J connectivity index is 3.07. The van der Waals surface area contributed by atoms with Crippen molar-refractivity contribution in [1.82, 2.24) is 5.32 Å². The van der Waals surface area contributed by atoms with Gasteiger partial charge in [0.2, 0.25) is 0 Å². The van der Waals surface area contributed by atoms with Gasteiger partial charge in [0.25, 0.3) is 0 Å². The summed E-state index contributed by atoms with van der Waals surface area (Å²) in [5, 5.41) is 11.7. The normalized spacial score (nSPS) is 12.0. The molecule has 0 spiro atoms. The molecule has 0 unspecified atom stereocenters. The van der Waals surface area contributed by atoms with Crippen LogP contribution in [0.25, 0.3) is 0 Å². The highest BCUT2D eigenvalue weighted by Gasteiger charge is 1.98. The van der Waals surface area contributed by atoms with E-state index >= 15 is 0 Å². The van der Waals surface area contributed by atoms with Crippen LogP contribution in [0, 0.1) is 5.92 Å². The Hall–Kier alpha value is -1.22. The molecule has 0 amide bonds. The van der Waals surface area contributed by atoms with Crippen LogP contribution in [0.2, 0.25) is 0 Å². The van der Waals surface area contributed by atoms with Crippen molar-refractivity contribution in [2.75, 3.05) is 185 Å². The Kier molecular flexibility index (Phi) is 42.9. The lowest BCUT2D eigenvalue weighted by molar-refractivity contribution is -0.0290. The first-order valence-corrected chi connectivity index (χ1v) is 18.0. The summed E-state index contributed by atoms with van der Waals surface area (Å²) in [6.07, 6.45) is 2.64. The highest BCUT2D eigenvalue weighted by molar-refractivity contribution is 4.93. The highest BCUT2D eigenvalue weighted by atomic mass is 16.6. The summed E-state index contributed by atoms with van der Waals surface area (Å²) in [6, 6.07) is 0. The SMILES string of the molecule is CC(C)CCOCCOCCOCCOCCOCCOCCOCCOCCOCCOCCOCCOCCOCCN/C=C(\N)CO. The first-order chi connectivity index (χ1) is 24.7. The van der Waals surface area contributed by atoms with Gasteiger partial charge in [0.15, 0.2) is 0 Å². The summed E-state index contributed by atoms with van der Waals surface area (Å²) in [6.45, 7) is 18.6. The molecule has 0 aliphatic carbocycles. The fraction of sp³-hybridized carbons (Fsp3) is 0.941. The van der Waals surface area contributed by atoms with Crippen LogP contribution in [0.4, 0.5) is 0 Å². The first-order valence-electron chi connectivity index (χ1n) is 18.0. The van der Waals surface area contributed by atoms with E-state index in [0.717, 1.165) is 13.0 Å². The van der Waals surface area contributed by atoms with Gasteiger partial charge in [-0.2, -0.15) is 0 Å². The van der Waals surface area contributed by atoms with Crippen molar-refractivity contribution in [3.63, 3.8) is 0 Å². The third-order valence-electron chi connectivity index (χ3n) is 6.16. The molecule has 0 saturated heterocycles. The summed E-state index contributed by atoms with van der Waals surface area (Å²) < 4.78 is 71.1. The van der Waals surface area contributed by atoms with Gasteiger partial charge in [-0.05, 0) is 12.3 Å². The smallest absolute Gasteiger partial charge is 0.0840 e. The van der Waals surface area contributed by atoms with E-state index in [4.69, 9.17) is 72.4 Å². The number of rotatable bonds is 44. The van der Waals surface area contributed by atoms with E-state index in [0.29, 0.717) is 183 Å². The zero-order valence-electron chi connectivity index (χ0n) is 31.0. The van der Waals surface area contributed by atoms with Crippen molar-refractivity contribution in [3.8, 4) is 0 Å². The molecule has 0 saturated carbocycles. The lowest BCUT2D eigenvalue weighted by Crippen LogP contribution is -2.18. The van der Waals surface area contributed by atoms with Crippen molar-refractivity contribution >= 4 is 0 Å². The van der Waals surface area contributed by atoms with Crippen LogP contribution in [-0.2, 0) is 61.6 Å². The molecule has 16 heteroatoms. The Morgan fingerprint density at radius 3 is 0.860 bits per heavy atom. The molecule has 0 bridgehead atoms. The number of hydrogen-bond donors (Lipinski definition) is 3. The fourth-order valence-corrected chi connectivity index (χ4v) is 3.44. The quantitative estimate of drug-likeness (QED) is 0.0743. The summed E-state index contributed by atoms with van der Waals surface area (Å²) in [5.41, 5.74) is 5.83. The fourth-order valence-electron chi connectivity index (χ4n) is 3.44. The highest BCUT2D eigenvalue weighted by Crippen LogP contribution is 1.98. The Morgan fingerprint density at radius 2 is 0.640 bits per heavy atom. The van der Waals surface area contributed by atoms with Gasteiger partial charge >= 0.3 is 0 Å². The van der Waals surface area contributed by atoms with E-state index < -0.39 is 0 Å². The van der Waals surface area contributed by atoms with Gasteiger partial charge in [0.1, 0.15) is 0 Å². The zero-order valence-corrected chi connectivity index (χ0v) is 31.0. The average Bonchev–Trinajstić information content (AvgIpc) is 3.11. The van der Waals surface area contributed by atoms with Crippen molar-refractivity contribution in [2.45, 2.75) is 20.3 Å². The van der Waals surface area contributed by atoms with Crippen LogP contribution < -0.4 is 11.1 Å². The lowest BCUT2D eigenvalue weighted by Gasteiger charge is -2.09. The van der Waals surface area contributed by atoms with Crippen LogP contribution in [-0.4, -0.2) is 190 Å². The molecule has 4 N–H and O–H groups in total. The van der Waals surface area contributed by atoms with Crippen LogP contribution in [0.1, 0.15) is 20.3 Å². The maximum atomic E-state index is 8.76. The molecule has 300 valence electrons. The molecule has 0 aliphatic heterocycles. The minimum Gasteiger partial charge on any atom is -0.399 e. The van der Waals surface area contributed by atoms with Crippen LogP contribution >= 0.6 is 0 Å². The molecule has 0 aliphatic rings. The molecule has 0 aromatic heterocycles. The largest absolute Gasteiger partial charge is 0.399 e. The molecule has 16 nitrogen and oxygen atoms in total. The predicted molar refractivity (Wildman–Crippen MR) is 187 cm³/mol. The first kappa shape index (κ1) is 48.8. The third kappa shape index (κ3) is 44.8. The Labute approximate surface area is 300 Å². The summed E-state index contributed by atoms with van der Waals surface area (Å²) in [7, 11) is 0. The molecular formula is C34H70N2O14. The van der Waals surface area contributed by atoms with Crippen LogP contribution in [0.5, 0.6) is 0 Å². The maximum Gasteiger partial charge on any atom is 0.0840 e. The van der Waals surface area contributed by atoms with Gasteiger partial charge in [0, 0.05) is 25.0 Å². The molecule has 0 radical (unpaired) electrons. The monoisotopic (exact) mass is 730 g/mol. The molecule has 50 heavy (non-hydrogen) atoms. The van der Waals surface area contributed by atoms with E-state index in [-0.39, 0.29) is 6.61 Å². The second-order valence-corrected chi connectivity index (χ2v) is 11.0. The standard InChI is InChI=1S/C34H70N2O14/c1-33(2)3-5-38-7-9-40-11-13-42-15-17-44-19-21-46-23-25-48-27-29-50-30-28-49-26-24-47-22-20-45-18-16-43-14-12-41-10-8-39-6-4-36-31-34(35)32-37/h31,33,36-37H,3-30,32,35H2,1-2H3/b34-31-. The number of aliphatic hydroxyl groups excluding tert-OH is 1. The second kappa shape index (κ2) is 43.9. The van der Waals surface area contributed by atoms with Gasteiger partial charge in [-0.3, -0.25) is 0 Å². The van der Waals surface area contributed by atoms with Crippen molar-refractivity contribution in [3.05, 3.63) is 11.9 Å². The van der Waals surface area contributed by atoms with Gasteiger partial charge < -0.3 is 77.7 Å². The van der Waals surface area contributed by atoms with Crippen molar-refractivity contribution < 1.29 is 66.7 Å². The molecule has 0 aromatic rings. The van der Waals surface area contributed by atoms with Crippen LogP contribution in [0.15, 0.2) is 11.9 Å². The van der Waals surface area contributed by atoms with E-state index in [1.165, 1.54) is 0 Å². The predicted octanol–water partition coefficient (Wildman–Crippen LogP) is 0.630. The zero-order chi connectivity index (χ0) is 36.3. The number of aliphatic hydroxyl groups is 1. The average molecular weight is 731 g/mol. The summed E-state index contributed by atoms with van der Waals surface area (Å²) in [5.74, 6) is 0.664. The van der Waals surface area contributed by atoms with E-state index in [9.17, 15) is 0 Å². The maximum absolute atomic E-state index is 8.76. The van der Waals surface area contributed by atoms with Crippen molar-refractivity contribution in [2.24, 2.45) is 11.7 Å². The molecule has 0 atom stereocenters. The number of nitrogens with one attached hydrogen (secondary N) is 1. The Morgan fingerprint density at radius 1 is 0.420 bits per heavy atom. The summed E-state index contributed by atoms with van der Waals surface area (Å²) in [4.78, 5) is 0. The van der Waals surface area contributed by atoms with Gasteiger partial charge in [0.05, 0.1) is 172 Å². The molecule has 0 rings (SSSR count). The molecular weight excluding hydrogens is 660 g/mol. The number of ether oxygens (including phenoxy) is 13. The second-order valence-electron chi connectivity index (χ2n) is 11.0. The molecule has 0 fully saturated rings.